The number of hydrogen-bond donors (Lipinski definition) is 1. The maximum Gasteiger partial charge on any atom is 0.362 e. The van der Waals surface area contributed by atoms with E-state index < -0.39 is 8.60 Å². The summed E-state index contributed by atoms with van der Waals surface area (Å²) in [4.78, 5) is 39.9. The van der Waals surface area contributed by atoms with Crippen LogP contribution < -0.4 is 5.32 Å². The largest absolute Gasteiger partial charge is 0.362 e. The summed E-state index contributed by atoms with van der Waals surface area (Å²) >= 11 is 0. The lowest BCUT2D eigenvalue weighted by Crippen LogP contribution is -2.34. The minimum Gasteiger partial charge on any atom is -0.356 e. The van der Waals surface area contributed by atoms with Crippen molar-refractivity contribution < 1.29 is 33.0 Å². The van der Waals surface area contributed by atoms with Crippen molar-refractivity contribution in [2.75, 3.05) is 33.9 Å². The van der Waals surface area contributed by atoms with E-state index >= 15 is 0 Å². The molecule has 25 heavy (non-hydrogen) atoms. The molecular weight excluding hydrogens is 351 g/mol. The Kier molecular flexibility index (Phi) is 11.2. The van der Waals surface area contributed by atoms with Crippen LogP contribution in [0.25, 0.3) is 0 Å². The minimum absolute atomic E-state index is 0.111. The van der Waals surface area contributed by atoms with Crippen LogP contribution in [0.4, 0.5) is 0 Å². The van der Waals surface area contributed by atoms with Gasteiger partial charge in [-0.05, 0) is 12.8 Å². The molecule has 0 fully saturated rings. The molecule has 3 amide bonds. The van der Waals surface area contributed by atoms with Gasteiger partial charge in [-0.15, -0.1) is 0 Å². The average Bonchev–Trinajstić information content (AvgIpc) is 2.92. The topological polar surface area (TPSA) is 103 Å². The third-order valence-electron chi connectivity index (χ3n) is 3.34. The highest BCUT2D eigenvalue weighted by atomic mass is 31.2. The van der Waals surface area contributed by atoms with Gasteiger partial charge in [-0.25, -0.2) is 4.89 Å². The molecule has 0 saturated carbocycles. The first-order chi connectivity index (χ1) is 12.1. The average molecular weight is 376 g/mol. The fourth-order valence-electron chi connectivity index (χ4n) is 2.07. The smallest absolute Gasteiger partial charge is 0.356 e. The van der Waals surface area contributed by atoms with Crippen LogP contribution in [0, 0.1) is 0 Å². The number of imide groups is 1. The molecule has 1 unspecified atom stereocenters. The molecule has 1 N–H and O–H groups in total. The monoisotopic (exact) mass is 376 g/mol. The van der Waals surface area contributed by atoms with Crippen molar-refractivity contribution in [1.82, 2.24) is 10.2 Å². The third-order valence-corrected chi connectivity index (χ3v) is 4.30. The number of carbonyl (C=O) groups excluding carboxylic acids is 3. The highest BCUT2D eigenvalue weighted by Gasteiger charge is 2.23. The molecule has 0 spiro atoms. The number of amides is 3. The molecule has 10 heteroatoms. The van der Waals surface area contributed by atoms with Crippen molar-refractivity contribution in [1.29, 1.82) is 0 Å². The van der Waals surface area contributed by atoms with E-state index in [1.807, 2.05) is 0 Å². The molecule has 1 rings (SSSR count). The second-order valence-corrected chi connectivity index (χ2v) is 6.38. The lowest BCUT2D eigenvalue weighted by atomic mass is 10.2. The van der Waals surface area contributed by atoms with Gasteiger partial charge in [-0.3, -0.25) is 19.3 Å². The van der Waals surface area contributed by atoms with E-state index in [-0.39, 0.29) is 30.7 Å². The van der Waals surface area contributed by atoms with Crippen LogP contribution in [0.1, 0.15) is 32.1 Å². The third kappa shape index (κ3) is 9.04. The van der Waals surface area contributed by atoms with Gasteiger partial charge in [0.25, 0.3) is 11.8 Å². The molecule has 0 bridgehead atoms. The number of carbonyl (C=O) groups is 3. The van der Waals surface area contributed by atoms with Crippen molar-refractivity contribution >= 4 is 26.3 Å². The molecule has 1 aliphatic heterocycles. The van der Waals surface area contributed by atoms with E-state index in [0.717, 1.165) is 30.6 Å². The Morgan fingerprint density at radius 1 is 1.12 bits per heavy atom. The molecule has 0 radical (unpaired) electrons. The number of nitrogens with zero attached hydrogens (tertiary/aromatic N) is 1. The molecule has 0 aliphatic carbocycles. The quantitative estimate of drug-likeness (QED) is 0.161. The second kappa shape index (κ2) is 12.9. The maximum absolute atomic E-state index is 11.7. The lowest BCUT2D eigenvalue weighted by Gasteiger charge is -2.13. The van der Waals surface area contributed by atoms with Crippen molar-refractivity contribution in [2.45, 2.75) is 32.1 Å². The summed E-state index contributed by atoms with van der Waals surface area (Å²) in [6.45, 7) is 1.19. The highest BCUT2D eigenvalue weighted by molar-refractivity contribution is 7.41. The summed E-state index contributed by atoms with van der Waals surface area (Å²) < 4.78 is 15.0. The Bertz CT molecular complexity index is 455. The minimum atomic E-state index is -1.45. The zero-order chi connectivity index (χ0) is 18.5. The number of unbranched alkanes of at least 4 members (excludes halogenated alkanes) is 3. The van der Waals surface area contributed by atoms with Crippen LogP contribution in [0.3, 0.4) is 0 Å². The number of rotatable bonds is 14. The molecule has 1 atom stereocenters. The molecule has 0 saturated heterocycles. The van der Waals surface area contributed by atoms with Crippen molar-refractivity contribution in [3.8, 4) is 0 Å². The summed E-state index contributed by atoms with van der Waals surface area (Å²) in [5, 5.41) is 2.78. The van der Waals surface area contributed by atoms with Crippen LogP contribution in [-0.4, -0.2) is 56.5 Å². The fraction of sp³-hybridized carbons (Fsp3) is 0.667. The zero-order valence-corrected chi connectivity index (χ0v) is 15.5. The fourth-order valence-corrected chi connectivity index (χ4v) is 2.68. The molecule has 142 valence electrons. The SMILES string of the molecule is COOP(OC)OCCCCCCNC(=O)CCN1C(=O)C=CC1=O. The van der Waals surface area contributed by atoms with Crippen LogP contribution in [0.2, 0.25) is 0 Å². The Morgan fingerprint density at radius 3 is 2.44 bits per heavy atom. The van der Waals surface area contributed by atoms with E-state index in [2.05, 4.69) is 10.2 Å². The summed E-state index contributed by atoms with van der Waals surface area (Å²) in [5.41, 5.74) is 0. The van der Waals surface area contributed by atoms with Gasteiger partial charge in [-0.1, -0.05) is 12.8 Å². The van der Waals surface area contributed by atoms with E-state index in [9.17, 15) is 14.4 Å². The zero-order valence-electron chi connectivity index (χ0n) is 14.6. The Balaban J connectivity index is 1.94. The van der Waals surface area contributed by atoms with Crippen LogP contribution in [-0.2, 0) is 33.0 Å². The number of nitrogens with one attached hydrogen (secondary N) is 1. The highest BCUT2D eigenvalue weighted by Crippen LogP contribution is 2.38. The maximum atomic E-state index is 11.7. The van der Waals surface area contributed by atoms with Gasteiger partial charge < -0.3 is 14.4 Å². The van der Waals surface area contributed by atoms with Gasteiger partial charge in [0.05, 0.1) is 13.7 Å². The standard InChI is InChI=1S/C15H25N2O7P/c1-21-24-25(22-2)23-12-6-4-3-5-10-16-13(18)9-11-17-14(19)7-8-15(17)20/h7-8H,3-6,9-12H2,1-2H3,(H,16,18). The normalized spacial score (nSPS) is 15.0. The Morgan fingerprint density at radius 2 is 1.80 bits per heavy atom. The Labute approximate surface area is 148 Å². The molecule has 0 aromatic heterocycles. The molecule has 0 aromatic carbocycles. The van der Waals surface area contributed by atoms with Crippen LogP contribution in [0.15, 0.2) is 12.2 Å². The Hall–Kier alpha value is -1.38. The van der Waals surface area contributed by atoms with Crippen LogP contribution >= 0.6 is 8.60 Å². The lowest BCUT2D eigenvalue weighted by molar-refractivity contribution is -0.189. The van der Waals surface area contributed by atoms with Gasteiger partial charge in [0.1, 0.15) is 0 Å². The van der Waals surface area contributed by atoms with Gasteiger partial charge in [-0.2, -0.15) is 4.67 Å². The predicted molar refractivity (Wildman–Crippen MR) is 89.9 cm³/mol. The summed E-state index contributed by atoms with van der Waals surface area (Å²) in [6, 6.07) is 0. The molecule has 9 nitrogen and oxygen atoms in total. The van der Waals surface area contributed by atoms with Crippen molar-refractivity contribution in [3.63, 3.8) is 0 Å². The molecular formula is C15H25N2O7P. The first-order valence-corrected chi connectivity index (χ1v) is 9.16. The van der Waals surface area contributed by atoms with E-state index in [4.69, 9.17) is 13.7 Å². The van der Waals surface area contributed by atoms with Gasteiger partial charge in [0.2, 0.25) is 5.91 Å². The van der Waals surface area contributed by atoms with Crippen molar-refractivity contribution in [3.05, 3.63) is 12.2 Å². The summed E-state index contributed by atoms with van der Waals surface area (Å²) in [6.07, 6.45) is 6.15. The summed E-state index contributed by atoms with van der Waals surface area (Å²) in [5.74, 6) is -0.903. The molecule has 0 aromatic rings. The van der Waals surface area contributed by atoms with Crippen LogP contribution in [0.5, 0.6) is 0 Å². The van der Waals surface area contributed by atoms with Gasteiger partial charge >= 0.3 is 8.60 Å². The molecule has 1 aliphatic rings. The predicted octanol–water partition coefficient (Wildman–Crippen LogP) is 1.45. The van der Waals surface area contributed by atoms with E-state index in [1.54, 1.807) is 0 Å². The molecule has 1 heterocycles. The summed E-state index contributed by atoms with van der Waals surface area (Å²) in [7, 11) is 1.43. The second-order valence-electron chi connectivity index (χ2n) is 5.16. The van der Waals surface area contributed by atoms with E-state index in [1.165, 1.54) is 26.4 Å². The first-order valence-electron chi connectivity index (χ1n) is 8.06. The van der Waals surface area contributed by atoms with Gasteiger partial charge in [0.15, 0.2) is 0 Å². The van der Waals surface area contributed by atoms with Gasteiger partial charge in [0, 0.05) is 38.8 Å². The van der Waals surface area contributed by atoms with Crippen molar-refractivity contribution in [2.24, 2.45) is 0 Å². The van der Waals surface area contributed by atoms with E-state index in [0.29, 0.717) is 13.2 Å². The first kappa shape index (κ1) is 21.7. The number of hydrogen-bond acceptors (Lipinski definition) is 7.